The predicted molar refractivity (Wildman–Crippen MR) is 186 cm³/mol. The Morgan fingerprint density at radius 1 is 0.792 bits per heavy atom. The molecule has 2 unspecified atom stereocenters. The van der Waals surface area contributed by atoms with Crippen molar-refractivity contribution in [2.24, 2.45) is 0 Å². The number of nitrogens with one attached hydrogen (secondary N) is 3. The third kappa shape index (κ3) is 9.98. The van der Waals surface area contributed by atoms with Crippen LogP contribution in [0.3, 0.4) is 0 Å². The van der Waals surface area contributed by atoms with Crippen molar-refractivity contribution in [3.05, 3.63) is 131 Å². The summed E-state index contributed by atoms with van der Waals surface area (Å²) < 4.78 is 27.4. The molecule has 12 heteroatoms. The van der Waals surface area contributed by atoms with E-state index < -0.39 is 40.0 Å². The van der Waals surface area contributed by atoms with E-state index in [2.05, 4.69) is 15.4 Å². The number of nitrogens with zero attached hydrogens (tertiary/aromatic N) is 1. The van der Waals surface area contributed by atoms with Crippen LogP contribution < -0.4 is 20.3 Å². The summed E-state index contributed by atoms with van der Waals surface area (Å²) in [5, 5.41) is 26.6. The number of aliphatic hydroxyl groups is 1. The Morgan fingerprint density at radius 3 is 2.08 bits per heavy atom. The Bertz CT molecular complexity index is 1820. The number of carboxylic acids is 1. The molecule has 0 spiro atoms. The van der Waals surface area contributed by atoms with Crippen LogP contribution in [-0.2, 0) is 23.0 Å². The van der Waals surface area contributed by atoms with E-state index in [0.29, 0.717) is 17.8 Å². The number of amides is 2. The molecule has 0 radical (unpaired) electrons. The van der Waals surface area contributed by atoms with Gasteiger partial charge in [-0.3, -0.25) is 14.3 Å². The van der Waals surface area contributed by atoms with Gasteiger partial charge in [-0.15, -0.1) is 0 Å². The fourth-order valence-corrected chi connectivity index (χ4v) is 5.75. The van der Waals surface area contributed by atoms with Crippen molar-refractivity contribution < 1.29 is 33.0 Å². The monoisotopic (exact) mass is 672 g/mol. The Labute approximate surface area is 280 Å². The van der Waals surface area contributed by atoms with Crippen LogP contribution in [0, 0.1) is 0 Å². The number of benzene rings is 4. The maximum Gasteiger partial charge on any atom is 0.335 e. The Balaban J connectivity index is 1.60. The van der Waals surface area contributed by atoms with Crippen LogP contribution in [-0.4, -0.2) is 67.4 Å². The van der Waals surface area contributed by atoms with E-state index >= 15 is 0 Å². The largest absolute Gasteiger partial charge is 0.478 e. The minimum absolute atomic E-state index is 0.0301. The van der Waals surface area contributed by atoms with Crippen LogP contribution in [0.15, 0.2) is 103 Å². The summed E-state index contributed by atoms with van der Waals surface area (Å²) >= 11 is 0. The number of aliphatic hydroxyl groups excluding tert-OH is 1. The van der Waals surface area contributed by atoms with Gasteiger partial charge in [0.05, 0.1) is 29.1 Å². The maximum absolute atomic E-state index is 13.8. The van der Waals surface area contributed by atoms with Gasteiger partial charge >= 0.3 is 5.97 Å². The SMILES string of the molecule is CCN(C(=O)c1cc(NS(=O)(=O)CC)cc(C(=O)NC(Cc2ccccc2)C(O)CNCc2cccc(C(=O)O)c2)c1)c1ccccc1. The van der Waals surface area contributed by atoms with Crippen LogP contribution in [0.4, 0.5) is 11.4 Å². The lowest BCUT2D eigenvalue weighted by atomic mass is 10.00. The second-order valence-electron chi connectivity index (χ2n) is 11.2. The zero-order valence-corrected chi connectivity index (χ0v) is 27.6. The molecule has 2 atom stereocenters. The average Bonchev–Trinajstić information content (AvgIpc) is 3.09. The van der Waals surface area contributed by atoms with Gasteiger partial charge in [0.2, 0.25) is 10.0 Å². The van der Waals surface area contributed by atoms with Gasteiger partial charge in [0, 0.05) is 36.4 Å². The van der Waals surface area contributed by atoms with Crippen molar-refractivity contribution in [2.75, 3.05) is 28.5 Å². The van der Waals surface area contributed by atoms with Crippen molar-refractivity contribution in [1.29, 1.82) is 0 Å². The highest BCUT2D eigenvalue weighted by Gasteiger charge is 2.25. The van der Waals surface area contributed by atoms with Gasteiger partial charge in [-0.05, 0) is 73.9 Å². The van der Waals surface area contributed by atoms with Gasteiger partial charge in [0.25, 0.3) is 11.8 Å². The molecule has 2 amide bonds. The number of carboxylic acid groups (broad SMARTS) is 1. The number of carbonyl (C=O) groups is 3. The Kier molecular flexibility index (Phi) is 12.4. The summed E-state index contributed by atoms with van der Waals surface area (Å²) in [7, 11) is -3.74. The Hall–Kier alpha value is -5.04. The summed E-state index contributed by atoms with van der Waals surface area (Å²) in [4.78, 5) is 40.4. The molecular formula is C36H40N4O7S. The molecule has 0 aromatic heterocycles. The number of carbonyl (C=O) groups excluding carboxylic acids is 2. The molecule has 0 saturated heterocycles. The molecule has 0 bridgehead atoms. The first-order valence-corrected chi connectivity index (χ1v) is 17.2. The molecule has 11 nitrogen and oxygen atoms in total. The lowest BCUT2D eigenvalue weighted by Crippen LogP contribution is -2.48. The van der Waals surface area contributed by atoms with Gasteiger partial charge in [-0.2, -0.15) is 0 Å². The highest BCUT2D eigenvalue weighted by Crippen LogP contribution is 2.22. The number of sulfonamides is 1. The van der Waals surface area contributed by atoms with E-state index in [1.54, 1.807) is 42.5 Å². The molecule has 48 heavy (non-hydrogen) atoms. The minimum Gasteiger partial charge on any atom is -0.478 e. The predicted octanol–water partition coefficient (Wildman–Crippen LogP) is 4.30. The standard InChI is InChI=1S/C36H40N4O7S/c1-3-40(31-16-9-6-10-17-31)35(43)29-20-28(21-30(22-29)39-48(46,47)4-2)34(42)38-32(19-25-12-7-5-8-13-25)33(41)24-37-23-26-14-11-15-27(18-26)36(44)45/h5-18,20-22,32-33,37,39,41H,3-4,19,23-24H2,1-2H3,(H,38,42)(H,44,45). The minimum atomic E-state index is -3.74. The molecule has 5 N–H and O–H groups in total. The molecule has 4 aromatic rings. The van der Waals surface area contributed by atoms with Crippen LogP contribution >= 0.6 is 0 Å². The van der Waals surface area contributed by atoms with Crippen molar-refractivity contribution >= 4 is 39.2 Å². The van der Waals surface area contributed by atoms with Crippen molar-refractivity contribution in [1.82, 2.24) is 10.6 Å². The zero-order chi connectivity index (χ0) is 34.7. The number of rotatable bonds is 16. The van der Waals surface area contributed by atoms with E-state index in [0.717, 1.165) is 5.56 Å². The van der Waals surface area contributed by atoms with Gasteiger partial charge in [-0.1, -0.05) is 60.7 Å². The molecule has 0 aliphatic heterocycles. The van der Waals surface area contributed by atoms with E-state index in [4.69, 9.17) is 0 Å². The van der Waals surface area contributed by atoms with Gasteiger partial charge in [0.1, 0.15) is 0 Å². The number of hydrogen-bond donors (Lipinski definition) is 5. The first-order valence-electron chi connectivity index (χ1n) is 15.6. The van der Waals surface area contributed by atoms with Crippen molar-refractivity contribution in [3.63, 3.8) is 0 Å². The van der Waals surface area contributed by atoms with Crippen molar-refractivity contribution in [2.45, 2.75) is 39.0 Å². The number of para-hydroxylation sites is 1. The first kappa shape index (κ1) is 35.8. The normalized spacial score (nSPS) is 12.5. The molecular weight excluding hydrogens is 632 g/mol. The lowest BCUT2D eigenvalue weighted by molar-refractivity contribution is 0.0696. The second-order valence-corrected chi connectivity index (χ2v) is 13.2. The summed E-state index contributed by atoms with van der Waals surface area (Å²) in [5.74, 6) is -2.29. The molecule has 0 aliphatic rings. The molecule has 0 heterocycles. The molecule has 0 aliphatic carbocycles. The maximum atomic E-state index is 13.8. The quantitative estimate of drug-likeness (QED) is 0.118. The van der Waals surface area contributed by atoms with Crippen LogP contribution in [0.25, 0.3) is 0 Å². The van der Waals surface area contributed by atoms with Gasteiger partial charge in [0.15, 0.2) is 0 Å². The fraction of sp³-hybridized carbons (Fsp3) is 0.250. The van der Waals surface area contributed by atoms with Crippen LogP contribution in [0.5, 0.6) is 0 Å². The number of hydrogen-bond acceptors (Lipinski definition) is 7. The molecule has 4 aromatic carbocycles. The average molecular weight is 673 g/mol. The van der Waals surface area contributed by atoms with E-state index in [9.17, 15) is 33.0 Å². The lowest BCUT2D eigenvalue weighted by Gasteiger charge is -2.25. The topological polar surface area (TPSA) is 165 Å². The second kappa shape index (κ2) is 16.7. The molecule has 252 valence electrons. The van der Waals surface area contributed by atoms with E-state index in [-0.39, 0.29) is 47.6 Å². The Morgan fingerprint density at radius 2 is 1.44 bits per heavy atom. The number of anilines is 2. The van der Waals surface area contributed by atoms with Crippen LogP contribution in [0.2, 0.25) is 0 Å². The third-order valence-corrected chi connectivity index (χ3v) is 8.97. The fourth-order valence-electron chi connectivity index (χ4n) is 5.12. The summed E-state index contributed by atoms with van der Waals surface area (Å²) in [6, 6.07) is 28.1. The van der Waals surface area contributed by atoms with Gasteiger partial charge in [-0.25, -0.2) is 13.2 Å². The molecule has 0 saturated carbocycles. The third-order valence-electron chi connectivity index (χ3n) is 7.66. The highest BCUT2D eigenvalue weighted by molar-refractivity contribution is 7.92. The smallest absolute Gasteiger partial charge is 0.335 e. The zero-order valence-electron chi connectivity index (χ0n) is 26.8. The van der Waals surface area contributed by atoms with Crippen molar-refractivity contribution in [3.8, 4) is 0 Å². The van der Waals surface area contributed by atoms with E-state index in [1.165, 1.54) is 36.1 Å². The summed E-state index contributed by atoms with van der Waals surface area (Å²) in [5.41, 5.74) is 2.56. The van der Waals surface area contributed by atoms with Crippen LogP contribution in [0.1, 0.15) is 56.0 Å². The number of aromatic carboxylic acids is 1. The first-order chi connectivity index (χ1) is 23.0. The van der Waals surface area contributed by atoms with Gasteiger partial charge < -0.3 is 25.7 Å². The highest BCUT2D eigenvalue weighted by atomic mass is 32.2. The van der Waals surface area contributed by atoms with E-state index in [1.807, 2.05) is 43.3 Å². The summed E-state index contributed by atoms with van der Waals surface area (Å²) in [6.07, 6.45) is -0.802. The molecule has 0 fully saturated rings. The summed E-state index contributed by atoms with van der Waals surface area (Å²) in [6.45, 7) is 3.97. The molecule has 4 rings (SSSR count).